The van der Waals surface area contributed by atoms with E-state index in [-0.39, 0.29) is 0 Å². The summed E-state index contributed by atoms with van der Waals surface area (Å²) in [7, 11) is 0. The third kappa shape index (κ3) is 1.83. The molecule has 1 aromatic rings. The first-order chi connectivity index (χ1) is 6.25. The summed E-state index contributed by atoms with van der Waals surface area (Å²) in [5, 5.41) is 0. The molecule has 13 heavy (non-hydrogen) atoms. The van der Waals surface area contributed by atoms with E-state index in [4.69, 9.17) is 5.73 Å². The zero-order valence-corrected chi connectivity index (χ0v) is 8.03. The second kappa shape index (κ2) is 3.38. The van der Waals surface area contributed by atoms with Crippen LogP contribution >= 0.6 is 0 Å². The summed E-state index contributed by atoms with van der Waals surface area (Å²) in [4.78, 5) is 2.35. The molecule has 1 aliphatic rings. The quantitative estimate of drug-likeness (QED) is 0.703. The Labute approximate surface area is 79.4 Å². The Morgan fingerprint density at radius 3 is 2.54 bits per heavy atom. The van der Waals surface area contributed by atoms with Gasteiger partial charge in [0.15, 0.2) is 0 Å². The van der Waals surface area contributed by atoms with Crippen molar-refractivity contribution in [1.29, 1.82) is 0 Å². The first-order valence-corrected chi connectivity index (χ1v) is 4.83. The number of nitrogens with two attached hydrogens (primary N) is 1. The van der Waals surface area contributed by atoms with Crippen molar-refractivity contribution in [3.8, 4) is 0 Å². The molecule has 0 amide bonds. The second-order valence-corrected chi connectivity index (χ2v) is 3.83. The highest BCUT2D eigenvalue weighted by molar-refractivity contribution is 5.48. The summed E-state index contributed by atoms with van der Waals surface area (Å²) in [6.45, 7) is 4.22. The van der Waals surface area contributed by atoms with Crippen LogP contribution in [0.5, 0.6) is 0 Å². The first kappa shape index (κ1) is 8.57. The maximum absolute atomic E-state index is 5.85. The highest BCUT2D eigenvalue weighted by Gasteiger charge is 2.18. The summed E-state index contributed by atoms with van der Waals surface area (Å²) >= 11 is 0. The van der Waals surface area contributed by atoms with Gasteiger partial charge >= 0.3 is 0 Å². The molecule has 2 N–H and O–H groups in total. The fraction of sp³-hybridized carbons (Fsp3) is 0.455. The van der Waals surface area contributed by atoms with E-state index in [2.05, 4.69) is 36.1 Å². The van der Waals surface area contributed by atoms with Gasteiger partial charge in [-0.3, -0.25) is 0 Å². The summed E-state index contributed by atoms with van der Waals surface area (Å²) in [5.74, 6) is 0. The summed E-state index contributed by atoms with van der Waals surface area (Å²) < 4.78 is 0. The third-order valence-corrected chi connectivity index (χ3v) is 2.62. The number of anilines is 1. The number of rotatable bonds is 1. The van der Waals surface area contributed by atoms with E-state index >= 15 is 0 Å². The van der Waals surface area contributed by atoms with E-state index < -0.39 is 0 Å². The van der Waals surface area contributed by atoms with E-state index in [0.717, 1.165) is 19.5 Å². The van der Waals surface area contributed by atoms with E-state index in [1.54, 1.807) is 0 Å². The molecule has 0 saturated carbocycles. The van der Waals surface area contributed by atoms with Crippen LogP contribution in [0.25, 0.3) is 0 Å². The highest BCUT2D eigenvalue weighted by atomic mass is 15.2. The van der Waals surface area contributed by atoms with E-state index in [1.807, 2.05) is 0 Å². The van der Waals surface area contributed by atoms with Gasteiger partial charge in [0.1, 0.15) is 0 Å². The topological polar surface area (TPSA) is 29.3 Å². The van der Waals surface area contributed by atoms with Crippen molar-refractivity contribution in [1.82, 2.24) is 0 Å². The van der Waals surface area contributed by atoms with Gasteiger partial charge in [-0.25, -0.2) is 0 Å². The average molecular weight is 176 g/mol. The minimum atomic E-state index is 0.362. The second-order valence-electron chi connectivity index (χ2n) is 3.83. The zero-order chi connectivity index (χ0) is 9.26. The Hall–Kier alpha value is -1.02. The Morgan fingerprint density at radius 2 is 2.00 bits per heavy atom. The van der Waals surface area contributed by atoms with Crippen molar-refractivity contribution in [2.75, 3.05) is 18.0 Å². The van der Waals surface area contributed by atoms with Crippen LogP contribution in [0.4, 0.5) is 5.69 Å². The predicted octanol–water partition coefficient (Wildman–Crippen LogP) is 1.53. The van der Waals surface area contributed by atoms with Gasteiger partial charge in [0.25, 0.3) is 0 Å². The van der Waals surface area contributed by atoms with E-state index in [9.17, 15) is 0 Å². The monoisotopic (exact) mass is 176 g/mol. The lowest BCUT2D eigenvalue weighted by molar-refractivity contribution is 0.752. The predicted molar refractivity (Wildman–Crippen MR) is 56.0 cm³/mol. The Bertz CT molecular complexity index is 279. The minimum absolute atomic E-state index is 0.362. The molecule has 1 aliphatic heterocycles. The van der Waals surface area contributed by atoms with Gasteiger partial charge in [0, 0.05) is 24.8 Å². The molecule has 0 bridgehead atoms. The van der Waals surface area contributed by atoms with Crippen molar-refractivity contribution in [3.63, 3.8) is 0 Å². The van der Waals surface area contributed by atoms with Crippen LogP contribution < -0.4 is 10.6 Å². The summed E-state index contributed by atoms with van der Waals surface area (Å²) in [5.41, 5.74) is 8.47. The summed E-state index contributed by atoms with van der Waals surface area (Å²) in [6, 6.07) is 9.01. The fourth-order valence-electron chi connectivity index (χ4n) is 1.78. The molecule has 1 aromatic carbocycles. The number of hydrogen-bond donors (Lipinski definition) is 1. The Morgan fingerprint density at radius 1 is 1.31 bits per heavy atom. The van der Waals surface area contributed by atoms with Crippen molar-refractivity contribution in [2.24, 2.45) is 5.73 Å². The Balaban J connectivity index is 2.13. The largest absolute Gasteiger partial charge is 0.370 e. The number of benzene rings is 1. The Kier molecular flexibility index (Phi) is 2.23. The van der Waals surface area contributed by atoms with E-state index in [0.29, 0.717) is 6.04 Å². The SMILES string of the molecule is Cc1ccc(N2CCC(N)C2)cc1. The van der Waals surface area contributed by atoms with E-state index in [1.165, 1.54) is 11.3 Å². The molecular formula is C11H16N2. The lowest BCUT2D eigenvalue weighted by Crippen LogP contribution is -2.26. The van der Waals surface area contributed by atoms with Gasteiger partial charge < -0.3 is 10.6 Å². The fourth-order valence-corrected chi connectivity index (χ4v) is 1.78. The van der Waals surface area contributed by atoms with Gasteiger partial charge in [-0.1, -0.05) is 17.7 Å². The molecule has 2 nitrogen and oxygen atoms in total. The van der Waals surface area contributed by atoms with Gasteiger partial charge in [-0.05, 0) is 25.5 Å². The lowest BCUT2D eigenvalue weighted by atomic mass is 10.2. The van der Waals surface area contributed by atoms with Crippen LogP contribution in [-0.2, 0) is 0 Å². The van der Waals surface area contributed by atoms with Crippen molar-refractivity contribution in [3.05, 3.63) is 29.8 Å². The molecule has 0 spiro atoms. The van der Waals surface area contributed by atoms with Crippen LogP contribution in [0.3, 0.4) is 0 Å². The third-order valence-electron chi connectivity index (χ3n) is 2.62. The zero-order valence-electron chi connectivity index (χ0n) is 8.03. The van der Waals surface area contributed by atoms with Crippen molar-refractivity contribution < 1.29 is 0 Å². The summed E-state index contributed by atoms with van der Waals surface area (Å²) in [6.07, 6.45) is 1.12. The van der Waals surface area contributed by atoms with Crippen LogP contribution in [0, 0.1) is 6.92 Å². The first-order valence-electron chi connectivity index (χ1n) is 4.83. The number of hydrogen-bond acceptors (Lipinski definition) is 2. The maximum atomic E-state index is 5.85. The van der Waals surface area contributed by atoms with Crippen molar-refractivity contribution >= 4 is 5.69 Å². The lowest BCUT2D eigenvalue weighted by Gasteiger charge is -2.17. The molecule has 70 valence electrons. The highest BCUT2D eigenvalue weighted by Crippen LogP contribution is 2.19. The van der Waals surface area contributed by atoms with Gasteiger partial charge in [-0.2, -0.15) is 0 Å². The molecule has 1 saturated heterocycles. The minimum Gasteiger partial charge on any atom is -0.370 e. The molecule has 2 rings (SSSR count). The standard InChI is InChI=1S/C11H16N2/c1-9-2-4-11(5-3-9)13-7-6-10(12)8-13/h2-5,10H,6-8,12H2,1H3. The van der Waals surface area contributed by atoms with Crippen LogP contribution in [-0.4, -0.2) is 19.1 Å². The van der Waals surface area contributed by atoms with Crippen molar-refractivity contribution in [2.45, 2.75) is 19.4 Å². The molecule has 1 atom stereocenters. The van der Waals surface area contributed by atoms with Crippen LogP contribution in [0.1, 0.15) is 12.0 Å². The number of nitrogens with zero attached hydrogens (tertiary/aromatic N) is 1. The normalized spacial score (nSPS) is 22.3. The molecule has 2 heteroatoms. The smallest absolute Gasteiger partial charge is 0.0366 e. The molecule has 1 heterocycles. The van der Waals surface area contributed by atoms with Gasteiger partial charge in [-0.15, -0.1) is 0 Å². The number of aryl methyl sites for hydroxylation is 1. The molecule has 0 aromatic heterocycles. The molecule has 0 aliphatic carbocycles. The molecule has 1 unspecified atom stereocenters. The molecular weight excluding hydrogens is 160 g/mol. The van der Waals surface area contributed by atoms with Gasteiger partial charge in [0.2, 0.25) is 0 Å². The maximum Gasteiger partial charge on any atom is 0.0366 e. The average Bonchev–Trinajstić information content (AvgIpc) is 2.53. The van der Waals surface area contributed by atoms with Crippen LogP contribution in [0.15, 0.2) is 24.3 Å². The van der Waals surface area contributed by atoms with Gasteiger partial charge in [0.05, 0.1) is 0 Å². The molecule has 0 radical (unpaired) electrons. The molecule has 1 fully saturated rings. The van der Waals surface area contributed by atoms with Crippen LogP contribution in [0.2, 0.25) is 0 Å².